The van der Waals surface area contributed by atoms with E-state index in [1.807, 2.05) is 0 Å². The Bertz CT molecular complexity index is 929. The van der Waals surface area contributed by atoms with Crippen LogP contribution < -0.4 is 5.32 Å². The standard InChI is InChI=1S/C19H14F2N2O3S/c20-14-7-5-12(6-8-14)17(24)22-9-10-23-18(25)16(27-19(23)26)11-13-3-1-2-4-15(13)21/h1-8,11H,9-10H2,(H,22,24)/b16-11-. The summed E-state index contributed by atoms with van der Waals surface area (Å²) < 4.78 is 26.6. The molecule has 138 valence electrons. The second-order valence-electron chi connectivity index (χ2n) is 5.62. The Morgan fingerprint density at radius 3 is 2.48 bits per heavy atom. The fourth-order valence-corrected chi connectivity index (χ4v) is 3.27. The van der Waals surface area contributed by atoms with Gasteiger partial charge in [-0.2, -0.15) is 0 Å². The van der Waals surface area contributed by atoms with Gasteiger partial charge in [0.1, 0.15) is 11.6 Å². The first kappa shape index (κ1) is 18.8. The van der Waals surface area contributed by atoms with Crippen molar-refractivity contribution >= 4 is 34.9 Å². The molecule has 2 aromatic carbocycles. The number of carbonyl (C=O) groups is 3. The zero-order valence-corrected chi connectivity index (χ0v) is 14.8. The van der Waals surface area contributed by atoms with E-state index in [1.54, 1.807) is 6.07 Å². The highest BCUT2D eigenvalue weighted by atomic mass is 32.2. The third kappa shape index (κ3) is 4.40. The number of nitrogens with one attached hydrogen (secondary N) is 1. The first-order valence-electron chi connectivity index (χ1n) is 7.99. The number of halogens is 2. The van der Waals surface area contributed by atoms with Gasteiger partial charge >= 0.3 is 0 Å². The highest BCUT2D eigenvalue weighted by Gasteiger charge is 2.34. The van der Waals surface area contributed by atoms with Crippen molar-refractivity contribution in [2.45, 2.75) is 0 Å². The number of thioether (sulfide) groups is 1. The zero-order chi connectivity index (χ0) is 19.4. The van der Waals surface area contributed by atoms with Crippen LogP contribution in [0.5, 0.6) is 0 Å². The van der Waals surface area contributed by atoms with E-state index >= 15 is 0 Å². The largest absolute Gasteiger partial charge is 0.350 e. The summed E-state index contributed by atoms with van der Waals surface area (Å²) in [6, 6.07) is 10.9. The SMILES string of the molecule is O=C(NCCN1C(=O)S/C(=C\c2ccccc2F)C1=O)c1ccc(F)cc1. The van der Waals surface area contributed by atoms with Crippen LogP contribution in [0.4, 0.5) is 13.6 Å². The van der Waals surface area contributed by atoms with Gasteiger partial charge in [-0.25, -0.2) is 8.78 Å². The Labute approximate surface area is 158 Å². The Balaban J connectivity index is 1.60. The molecule has 0 atom stereocenters. The van der Waals surface area contributed by atoms with E-state index in [0.29, 0.717) is 0 Å². The Kier molecular flexibility index (Phi) is 5.66. The van der Waals surface area contributed by atoms with E-state index in [2.05, 4.69) is 5.32 Å². The monoisotopic (exact) mass is 388 g/mol. The molecule has 0 radical (unpaired) electrons. The van der Waals surface area contributed by atoms with Crippen molar-refractivity contribution < 1.29 is 23.2 Å². The molecule has 1 aliphatic rings. The number of hydrogen-bond donors (Lipinski definition) is 1. The smallest absolute Gasteiger partial charge is 0.293 e. The van der Waals surface area contributed by atoms with Crippen LogP contribution in [0.25, 0.3) is 6.08 Å². The molecule has 0 bridgehead atoms. The van der Waals surface area contributed by atoms with Crippen LogP contribution >= 0.6 is 11.8 Å². The highest BCUT2D eigenvalue weighted by molar-refractivity contribution is 8.18. The maximum absolute atomic E-state index is 13.7. The van der Waals surface area contributed by atoms with E-state index in [0.717, 1.165) is 16.7 Å². The van der Waals surface area contributed by atoms with Crippen LogP contribution in [0.1, 0.15) is 15.9 Å². The summed E-state index contributed by atoms with van der Waals surface area (Å²) >= 11 is 0.720. The molecule has 3 rings (SSSR count). The molecule has 0 saturated carbocycles. The molecule has 1 saturated heterocycles. The zero-order valence-electron chi connectivity index (χ0n) is 13.9. The molecule has 5 nitrogen and oxygen atoms in total. The van der Waals surface area contributed by atoms with Gasteiger partial charge in [0.05, 0.1) is 4.91 Å². The van der Waals surface area contributed by atoms with Gasteiger partial charge in [0.25, 0.3) is 17.1 Å². The van der Waals surface area contributed by atoms with Crippen molar-refractivity contribution in [3.8, 4) is 0 Å². The quantitative estimate of drug-likeness (QED) is 0.797. The molecule has 27 heavy (non-hydrogen) atoms. The van der Waals surface area contributed by atoms with Crippen molar-refractivity contribution in [1.82, 2.24) is 10.2 Å². The number of carbonyl (C=O) groups excluding carboxylic acids is 3. The molecular formula is C19H14F2N2O3S. The lowest BCUT2D eigenvalue weighted by Crippen LogP contribution is -2.37. The van der Waals surface area contributed by atoms with Crippen molar-refractivity contribution in [2.24, 2.45) is 0 Å². The molecular weight excluding hydrogens is 374 g/mol. The first-order chi connectivity index (χ1) is 13.0. The van der Waals surface area contributed by atoms with Gasteiger partial charge in [-0.1, -0.05) is 18.2 Å². The number of rotatable bonds is 5. The molecule has 1 heterocycles. The first-order valence-corrected chi connectivity index (χ1v) is 8.81. The molecule has 3 amide bonds. The Hall–Kier alpha value is -3.00. The van der Waals surface area contributed by atoms with Crippen molar-refractivity contribution in [3.05, 3.63) is 76.2 Å². The van der Waals surface area contributed by atoms with Gasteiger partial charge in [0, 0.05) is 24.2 Å². The normalized spacial score (nSPS) is 15.5. The highest BCUT2D eigenvalue weighted by Crippen LogP contribution is 2.32. The van der Waals surface area contributed by atoms with Gasteiger partial charge in [-0.3, -0.25) is 19.3 Å². The van der Waals surface area contributed by atoms with E-state index in [1.165, 1.54) is 48.5 Å². The van der Waals surface area contributed by atoms with Crippen LogP contribution in [0, 0.1) is 11.6 Å². The third-order valence-electron chi connectivity index (χ3n) is 3.79. The van der Waals surface area contributed by atoms with Gasteiger partial charge in [-0.05, 0) is 48.2 Å². The fourth-order valence-electron chi connectivity index (χ4n) is 2.41. The molecule has 1 N–H and O–H groups in total. The van der Waals surface area contributed by atoms with Crippen molar-refractivity contribution in [2.75, 3.05) is 13.1 Å². The van der Waals surface area contributed by atoms with E-state index < -0.39 is 28.7 Å². The number of amides is 3. The summed E-state index contributed by atoms with van der Waals surface area (Å²) in [6.45, 7) is 0.0213. The maximum Gasteiger partial charge on any atom is 0.293 e. The Morgan fingerprint density at radius 1 is 1.07 bits per heavy atom. The number of hydrogen-bond acceptors (Lipinski definition) is 4. The van der Waals surface area contributed by atoms with Gasteiger partial charge < -0.3 is 5.32 Å². The maximum atomic E-state index is 13.7. The summed E-state index contributed by atoms with van der Waals surface area (Å²) in [5.74, 6) is -1.92. The second kappa shape index (κ2) is 8.13. The minimum absolute atomic E-state index is 0.0216. The molecule has 0 spiro atoms. The molecule has 1 aliphatic heterocycles. The predicted molar refractivity (Wildman–Crippen MR) is 97.8 cm³/mol. The summed E-state index contributed by atoms with van der Waals surface area (Å²) in [6.07, 6.45) is 1.33. The summed E-state index contributed by atoms with van der Waals surface area (Å²) in [7, 11) is 0. The van der Waals surface area contributed by atoms with Gasteiger partial charge in [-0.15, -0.1) is 0 Å². The van der Waals surface area contributed by atoms with Crippen LogP contribution in [-0.2, 0) is 4.79 Å². The van der Waals surface area contributed by atoms with Crippen LogP contribution in [-0.4, -0.2) is 35.0 Å². The lowest BCUT2D eigenvalue weighted by atomic mass is 10.2. The third-order valence-corrected chi connectivity index (χ3v) is 4.70. The summed E-state index contributed by atoms with van der Waals surface area (Å²) in [4.78, 5) is 37.5. The number of nitrogens with zero attached hydrogens (tertiary/aromatic N) is 1. The van der Waals surface area contributed by atoms with E-state index in [9.17, 15) is 23.2 Å². The number of imide groups is 1. The van der Waals surface area contributed by atoms with Crippen LogP contribution in [0.15, 0.2) is 53.4 Å². The van der Waals surface area contributed by atoms with Crippen LogP contribution in [0.2, 0.25) is 0 Å². The molecule has 0 aliphatic carbocycles. The fraction of sp³-hybridized carbons (Fsp3) is 0.105. The minimum atomic E-state index is -0.538. The van der Waals surface area contributed by atoms with Crippen LogP contribution in [0.3, 0.4) is 0 Å². The predicted octanol–water partition coefficient (Wildman–Crippen LogP) is 3.43. The average molecular weight is 388 g/mol. The van der Waals surface area contributed by atoms with Gasteiger partial charge in [0.2, 0.25) is 0 Å². The van der Waals surface area contributed by atoms with E-state index in [4.69, 9.17) is 0 Å². The lowest BCUT2D eigenvalue weighted by molar-refractivity contribution is -0.122. The average Bonchev–Trinajstić information content (AvgIpc) is 2.91. The molecule has 8 heteroatoms. The van der Waals surface area contributed by atoms with Crippen molar-refractivity contribution in [3.63, 3.8) is 0 Å². The number of benzene rings is 2. The topological polar surface area (TPSA) is 66.5 Å². The second-order valence-corrected chi connectivity index (χ2v) is 6.61. The van der Waals surface area contributed by atoms with Crippen molar-refractivity contribution in [1.29, 1.82) is 0 Å². The molecule has 1 fully saturated rings. The molecule has 2 aromatic rings. The summed E-state index contributed by atoms with van der Waals surface area (Å²) in [5, 5.41) is 2.08. The minimum Gasteiger partial charge on any atom is -0.350 e. The molecule has 0 aromatic heterocycles. The van der Waals surface area contributed by atoms with Gasteiger partial charge in [0.15, 0.2) is 0 Å². The molecule has 0 unspecified atom stereocenters. The summed E-state index contributed by atoms with van der Waals surface area (Å²) in [5.41, 5.74) is 0.484. The van der Waals surface area contributed by atoms with E-state index in [-0.39, 0.29) is 29.1 Å². The Morgan fingerprint density at radius 2 is 1.78 bits per heavy atom. The lowest BCUT2D eigenvalue weighted by Gasteiger charge is -2.13.